The summed E-state index contributed by atoms with van der Waals surface area (Å²) in [5, 5.41) is 3.68. The van der Waals surface area contributed by atoms with Crippen LogP contribution in [-0.4, -0.2) is 17.6 Å². The van der Waals surface area contributed by atoms with Gasteiger partial charge in [0.25, 0.3) is 0 Å². The quantitative estimate of drug-likeness (QED) is 0.718. The molecule has 1 rings (SSSR count). The monoisotopic (exact) mass is 248 g/mol. The number of hydrogen-bond donors (Lipinski definition) is 1. The van der Waals surface area contributed by atoms with Crippen molar-refractivity contribution in [3.05, 3.63) is 30.1 Å². The van der Waals surface area contributed by atoms with Crippen LogP contribution in [0.3, 0.4) is 0 Å². The zero-order chi connectivity index (χ0) is 13.2. The fourth-order valence-corrected chi connectivity index (χ4v) is 2.19. The SMILES string of the molecule is CCCNC(CCc1cccnc1)CC(C)CC. The van der Waals surface area contributed by atoms with Crippen molar-refractivity contribution in [1.29, 1.82) is 0 Å². The predicted octanol–water partition coefficient (Wildman–Crippen LogP) is 3.82. The van der Waals surface area contributed by atoms with Crippen molar-refractivity contribution in [1.82, 2.24) is 10.3 Å². The predicted molar refractivity (Wildman–Crippen MR) is 78.7 cm³/mol. The van der Waals surface area contributed by atoms with Crippen LogP contribution in [0.2, 0.25) is 0 Å². The van der Waals surface area contributed by atoms with Crippen molar-refractivity contribution in [2.75, 3.05) is 6.54 Å². The molecule has 0 bridgehead atoms. The molecule has 18 heavy (non-hydrogen) atoms. The number of nitrogens with zero attached hydrogens (tertiary/aromatic N) is 1. The number of nitrogens with one attached hydrogen (secondary N) is 1. The van der Waals surface area contributed by atoms with E-state index in [0.717, 1.165) is 18.9 Å². The van der Waals surface area contributed by atoms with Crippen LogP contribution in [0.25, 0.3) is 0 Å². The molecule has 0 aromatic carbocycles. The summed E-state index contributed by atoms with van der Waals surface area (Å²) < 4.78 is 0. The van der Waals surface area contributed by atoms with Crippen molar-refractivity contribution in [3.8, 4) is 0 Å². The lowest BCUT2D eigenvalue weighted by Gasteiger charge is -2.21. The first kappa shape index (κ1) is 15.2. The molecule has 1 heterocycles. The number of pyridine rings is 1. The zero-order valence-corrected chi connectivity index (χ0v) is 12.2. The van der Waals surface area contributed by atoms with E-state index in [9.17, 15) is 0 Å². The van der Waals surface area contributed by atoms with Gasteiger partial charge in [0.1, 0.15) is 0 Å². The van der Waals surface area contributed by atoms with Gasteiger partial charge in [-0.3, -0.25) is 4.98 Å². The van der Waals surface area contributed by atoms with Crippen LogP contribution in [-0.2, 0) is 6.42 Å². The molecule has 0 aliphatic heterocycles. The first-order valence-corrected chi connectivity index (χ1v) is 7.38. The maximum absolute atomic E-state index is 4.18. The Balaban J connectivity index is 2.39. The molecule has 1 aromatic rings. The molecule has 0 amide bonds. The molecule has 102 valence electrons. The molecule has 2 heteroatoms. The second kappa shape index (κ2) is 9.09. The van der Waals surface area contributed by atoms with Gasteiger partial charge in [0.15, 0.2) is 0 Å². The highest BCUT2D eigenvalue weighted by atomic mass is 14.9. The zero-order valence-electron chi connectivity index (χ0n) is 12.2. The van der Waals surface area contributed by atoms with Crippen molar-refractivity contribution in [2.24, 2.45) is 5.92 Å². The van der Waals surface area contributed by atoms with E-state index in [4.69, 9.17) is 0 Å². The van der Waals surface area contributed by atoms with E-state index in [2.05, 4.69) is 37.1 Å². The van der Waals surface area contributed by atoms with Gasteiger partial charge < -0.3 is 5.32 Å². The summed E-state index contributed by atoms with van der Waals surface area (Å²) in [6.07, 6.45) is 9.95. The van der Waals surface area contributed by atoms with Gasteiger partial charge in [-0.15, -0.1) is 0 Å². The van der Waals surface area contributed by atoms with E-state index in [1.54, 1.807) is 0 Å². The van der Waals surface area contributed by atoms with Gasteiger partial charge in [-0.2, -0.15) is 0 Å². The van der Waals surface area contributed by atoms with Crippen LogP contribution in [0, 0.1) is 5.92 Å². The molecular weight excluding hydrogens is 220 g/mol. The summed E-state index contributed by atoms with van der Waals surface area (Å²) in [5.41, 5.74) is 1.35. The van der Waals surface area contributed by atoms with E-state index in [1.165, 1.54) is 31.2 Å². The number of rotatable bonds is 9. The first-order chi connectivity index (χ1) is 8.76. The van der Waals surface area contributed by atoms with Gasteiger partial charge in [-0.05, 0) is 49.8 Å². The van der Waals surface area contributed by atoms with Crippen LogP contribution in [0.4, 0.5) is 0 Å². The standard InChI is InChI=1S/C16H28N2/c1-4-10-18-16(12-14(3)5-2)9-8-15-7-6-11-17-13-15/h6-7,11,13-14,16,18H,4-5,8-10,12H2,1-3H3. The average Bonchev–Trinajstić information content (AvgIpc) is 2.42. The number of hydrogen-bond acceptors (Lipinski definition) is 2. The maximum atomic E-state index is 4.18. The Labute approximate surface area is 112 Å². The molecule has 1 N–H and O–H groups in total. The third kappa shape index (κ3) is 6.15. The van der Waals surface area contributed by atoms with E-state index in [0.29, 0.717) is 6.04 Å². The highest BCUT2D eigenvalue weighted by molar-refractivity contribution is 5.08. The largest absolute Gasteiger partial charge is 0.314 e. The fraction of sp³-hybridized carbons (Fsp3) is 0.688. The molecule has 0 radical (unpaired) electrons. The van der Waals surface area contributed by atoms with Gasteiger partial charge in [0.05, 0.1) is 0 Å². The second-order valence-corrected chi connectivity index (χ2v) is 5.30. The van der Waals surface area contributed by atoms with Crippen LogP contribution < -0.4 is 5.32 Å². The molecule has 2 nitrogen and oxygen atoms in total. The van der Waals surface area contributed by atoms with Crippen LogP contribution in [0.15, 0.2) is 24.5 Å². The summed E-state index contributed by atoms with van der Waals surface area (Å²) in [7, 11) is 0. The van der Waals surface area contributed by atoms with E-state index in [1.807, 2.05) is 18.5 Å². The highest BCUT2D eigenvalue weighted by Gasteiger charge is 2.11. The summed E-state index contributed by atoms with van der Waals surface area (Å²) in [6, 6.07) is 4.85. The van der Waals surface area contributed by atoms with Gasteiger partial charge in [0.2, 0.25) is 0 Å². The fourth-order valence-electron chi connectivity index (χ4n) is 2.19. The molecule has 2 atom stereocenters. The summed E-state index contributed by atoms with van der Waals surface area (Å²) in [6.45, 7) is 8.00. The Kier molecular flexibility index (Phi) is 7.66. The third-order valence-corrected chi connectivity index (χ3v) is 3.57. The summed E-state index contributed by atoms with van der Waals surface area (Å²) >= 11 is 0. The van der Waals surface area contributed by atoms with Crippen molar-refractivity contribution in [2.45, 2.75) is 58.9 Å². The lowest BCUT2D eigenvalue weighted by atomic mass is 9.95. The normalized spacial score (nSPS) is 14.4. The molecule has 0 spiro atoms. The van der Waals surface area contributed by atoms with Crippen molar-refractivity contribution in [3.63, 3.8) is 0 Å². The molecule has 0 aliphatic rings. The van der Waals surface area contributed by atoms with Gasteiger partial charge >= 0.3 is 0 Å². The van der Waals surface area contributed by atoms with E-state index < -0.39 is 0 Å². The third-order valence-electron chi connectivity index (χ3n) is 3.57. The molecule has 0 aliphatic carbocycles. The van der Waals surface area contributed by atoms with Gasteiger partial charge in [0, 0.05) is 18.4 Å². The minimum absolute atomic E-state index is 0.653. The smallest absolute Gasteiger partial charge is 0.0299 e. The first-order valence-electron chi connectivity index (χ1n) is 7.38. The lowest BCUT2D eigenvalue weighted by molar-refractivity contribution is 0.377. The van der Waals surface area contributed by atoms with Crippen LogP contribution >= 0.6 is 0 Å². The Morgan fingerprint density at radius 3 is 2.78 bits per heavy atom. The Morgan fingerprint density at radius 1 is 1.33 bits per heavy atom. The Hall–Kier alpha value is -0.890. The minimum atomic E-state index is 0.653. The number of aromatic nitrogens is 1. The second-order valence-electron chi connectivity index (χ2n) is 5.30. The molecule has 1 aromatic heterocycles. The average molecular weight is 248 g/mol. The van der Waals surface area contributed by atoms with E-state index in [-0.39, 0.29) is 0 Å². The molecule has 0 fully saturated rings. The summed E-state index contributed by atoms with van der Waals surface area (Å²) in [5.74, 6) is 0.813. The number of aryl methyl sites for hydroxylation is 1. The van der Waals surface area contributed by atoms with Gasteiger partial charge in [-0.1, -0.05) is 33.3 Å². The topological polar surface area (TPSA) is 24.9 Å². The van der Waals surface area contributed by atoms with Crippen molar-refractivity contribution >= 4 is 0 Å². The van der Waals surface area contributed by atoms with Crippen molar-refractivity contribution < 1.29 is 0 Å². The molecular formula is C16H28N2. The lowest BCUT2D eigenvalue weighted by Crippen LogP contribution is -2.31. The minimum Gasteiger partial charge on any atom is -0.314 e. The summed E-state index contributed by atoms with van der Waals surface area (Å²) in [4.78, 5) is 4.18. The molecule has 0 saturated heterocycles. The molecule has 0 saturated carbocycles. The Morgan fingerprint density at radius 2 is 2.17 bits per heavy atom. The highest BCUT2D eigenvalue weighted by Crippen LogP contribution is 2.14. The molecule has 2 unspecified atom stereocenters. The van der Waals surface area contributed by atoms with Crippen LogP contribution in [0.1, 0.15) is 52.0 Å². The Bertz CT molecular complexity index is 297. The van der Waals surface area contributed by atoms with E-state index >= 15 is 0 Å². The maximum Gasteiger partial charge on any atom is 0.0299 e. The van der Waals surface area contributed by atoms with Gasteiger partial charge in [-0.25, -0.2) is 0 Å². The van der Waals surface area contributed by atoms with Crippen LogP contribution in [0.5, 0.6) is 0 Å².